The average molecular weight is 382 g/mol. The number of likely N-dealkylation sites (tertiary alicyclic amines) is 1. The smallest absolute Gasteiger partial charge is 0.274 e. The molecule has 146 valence electrons. The second-order valence-electron chi connectivity index (χ2n) is 7.67. The van der Waals surface area contributed by atoms with Crippen LogP contribution < -0.4 is 0 Å². The van der Waals surface area contributed by atoms with Gasteiger partial charge in [0, 0.05) is 32.8 Å². The molecule has 0 saturated carbocycles. The number of oxazole rings is 1. The molecule has 6 nitrogen and oxygen atoms in total. The van der Waals surface area contributed by atoms with Crippen LogP contribution in [-0.4, -0.2) is 38.7 Å². The average Bonchev–Trinajstić information content (AvgIpc) is 3.33. The molecule has 1 aromatic carbocycles. The van der Waals surface area contributed by atoms with Gasteiger partial charge in [0.05, 0.1) is 11.6 Å². The van der Waals surface area contributed by atoms with Crippen LogP contribution in [0.5, 0.6) is 0 Å². The van der Waals surface area contributed by atoms with Crippen molar-refractivity contribution in [2.45, 2.75) is 31.6 Å². The van der Waals surface area contributed by atoms with Gasteiger partial charge in [-0.05, 0) is 37.5 Å². The molecule has 1 amide bonds. The van der Waals surface area contributed by atoms with Crippen molar-refractivity contribution >= 4 is 5.91 Å². The number of nitrogens with zero attached hydrogens (tertiary/aromatic N) is 4. The Morgan fingerprint density at radius 1 is 1.32 bits per heavy atom. The van der Waals surface area contributed by atoms with Gasteiger partial charge in [0.2, 0.25) is 5.89 Å². The summed E-state index contributed by atoms with van der Waals surface area (Å²) < 4.78 is 21.5. The molecule has 1 fully saturated rings. The summed E-state index contributed by atoms with van der Waals surface area (Å²) in [6.07, 6.45) is 5.51. The number of benzene rings is 1. The zero-order chi connectivity index (χ0) is 19.7. The van der Waals surface area contributed by atoms with E-state index in [9.17, 15) is 9.18 Å². The van der Waals surface area contributed by atoms with Crippen molar-refractivity contribution in [2.24, 2.45) is 7.05 Å². The summed E-state index contributed by atoms with van der Waals surface area (Å²) in [6.45, 7) is 3.26. The van der Waals surface area contributed by atoms with Crippen molar-refractivity contribution in [3.8, 4) is 0 Å². The molecule has 7 heteroatoms. The second kappa shape index (κ2) is 7.22. The van der Waals surface area contributed by atoms with Gasteiger partial charge in [0.15, 0.2) is 0 Å². The first-order valence-electron chi connectivity index (χ1n) is 9.42. The molecule has 0 spiro atoms. The number of hydrogen-bond acceptors (Lipinski definition) is 4. The number of rotatable bonds is 4. The number of halogens is 1. The van der Waals surface area contributed by atoms with E-state index in [-0.39, 0.29) is 17.1 Å². The minimum absolute atomic E-state index is 0.0790. The zero-order valence-electron chi connectivity index (χ0n) is 16.1. The summed E-state index contributed by atoms with van der Waals surface area (Å²) in [5.41, 5.74) is 0.640. The highest BCUT2D eigenvalue weighted by Gasteiger charge is 2.39. The van der Waals surface area contributed by atoms with Crippen molar-refractivity contribution < 1.29 is 13.6 Å². The topological polar surface area (TPSA) is 64.2 Å². The summed E-state index contributed by atoms with van der Waals surface area (Å²) in [5, 5.41) is 4.22. The van der Waals surface area contributed by atoms with Gasteiger partial charge in [-0.2, -0.15) is 5.10 Å². The fourth-order valence-corrected chi connectivity index (χ4v) is 3.78. The fourth-order valence-electron chi connectivity index (χ4n) is 3.78. The first kappa shape index (κ1) is 18.4. The van der Waals surface area contributed by atoms with Crippen molar-refractivity contribution in [1.29, 1.82) is 0 Å². The lowest BCUT2D eigenvalue weighted by atomic mass is 9.81. The van der Waals surface area contributed by atoms with Crippen LogP contribution >= 0.6 is 0 Å². The van der Waals surface area contributed by atoms with Gasteiger partial charge in [0.25, 0.3) is 5.91 Å². The molecule has 2 aromatic heterocycles. The van der Waals surface area contributed by atoms with E-state index in [2.05, 4.69) is 17.0 Å². The molecular formula is C21H23FN4O2. The summed E-state index contributed by atoms with van der Waals surface area (Å²) in [4.78, 5) is 19.0. The molecule has 1 aliphatic heterocycles. The molecule has 1 atom stereocenters. The Kier molecular flexibility index (Phi) is 4.75. The molecular weight excluding hydrogens is 359 g/mol. The quantitative estimate of drug-likeness (QED) is 0.694. The lowest BCUT2D eigenvalue weighted by Gasteiger charge is -2.38. The maximum absolute atomic E-state index is 13.9. The first-order chi connectivity index (χ1) is 13.4. The van der Waals surface area contributed by atoms with Gasteiger partial charge in [0.1, 0.15) is 17.3 Å². The van der Waals surface area contributed by atoms with Crippen LogP contribution in [0.2, 0.25) is 0 Å². The normalized spacial score (nSPS) is 19.8. The number of carbonyl (C=O) groups is 1. The van der Waals surface area contributed by atoms with Crippen LogP contribution in [0.3, 0.4) is 0 Å². The van der Waals surface area contributed by atoms with Crippen LogP contribution in [0, 0.1) is 5.82 Å². The van der Waals surface area contributed by atoms with Gasteiger partial charge < -0.3 is 9.32 Å². The number of hydrogen-bond donors (Lipinski definition) is 0. The van der Waals surface area contributed by atoms with E-state index >= 15 is 0 Å². The number of aryl methyl sites for hydroxylation is 1. The molecule has 1 aliphatic rings. The third kappa shape index (κ3) is 3.56. The highest BCUT2D eigenvalue weighted by molar-refractivity contribution is 5.92. The Labute approximate surface area is 163 Å². The van der Waals surface area contributed by atoms with E-state index in [4.69, 9.17) is 4.42 Å². The highest BCUT2D eigenvalue weighted by Crippen LogP contribution is 2.34. The molecule has 0 N–H and O–H groups in total. The zero-order valence-corrected chi connectivity index (χ0v) is 16.1. The standard InChI is InChI=1S/C21H23FN4O2/c1-21(9-5-10-26(14-21)19(27)18-8-11-25(2)24-18)20-23-13-16(28-20)12-15-6-3-4-7-17(15)22/h3-4,6-8,11,13H,5,9-10,12,14H2,1-2H3/t21-/m1/s1. The van der Waals surface area contributed by atoms with Gasteiger partial charge in [-0.25, -0.2) is 9.37 Å². The van der Waals surface area contributed by atoms with Gasteiger partial charge in [-0.3, -0.25) is 9.48 Å². The van der Waals surface area contributed by atoms with Crippen molar-refractivity contribution in [2.75, 3.05) is 13.1 Å². The molecule has 0 unspecified atom stereocenters. The lowest BCUT2D eigenvalue weighted by molar-refractivity contribution is 0.0619. The molecule has 3 heterocycles. The van der Waals surface area contributed by atoms with Gasteiger partial charge in [-0.1, -0.05) is 18.2 Å². The second-order valence-corrected chi connectivity index (χ2v) is 7.67. The molecule has 3 aromatic rings. The van der Waals surface area contributed by atoms with Gasteiger partial charge >= 0.3 is 0 Å². The Morgan fingerprint density at radius 2 is 2.14 bits per heavy atom. The fraction of sp³-hybridized carbons (Fsp3) is 0.381. The third-order valence-electron chi connectivity index (χ3n) is 5.31. The number of amides is 1. The Balaban J connectivity index is 1.51. The molecule has 1 saturated heterocycles. The molecule has 0 aliphatic carbocycles. The Bertz CT molecular complexity index is 996. The number of aromatic nitrogens is 3. The molecule has 0 bridgehead atoms. The lowest BCUT2D eigenvalue weighted by Crippen LogP contribution is -2.47. The van der Waals surface area contributed by atoms with Crippen LogP contribution in [0.25, 0.3) is 0 Å². The predicted molar refractivity (Wildman–Crippen MR) is 101 cm³/mol. The first-order valence-corrected chi connectivity index (χ1v) is 9.42. The number of piperidine rings is 1. The Hall–Kier alpha value is -2.96. The van der Waals surface area contributed by atoms with Crippen LogP contribution in [0.4, 0.5) is 4.39 Å². The molecule has 4 rings (SSSR count). The summed E-state index contributed by atoms with van der Waals surface area (Å²) >= 11 is 0. The summed E-state index contributed by atoms with van der Waals surface area (Å²) in [7, 11) is 1.79. The van der Waals surface area contributed by atoms with E-state index in [1.807, 2.05) is 4.90 Å². The highest BCUT2D eigenvalue weighted by atomic mass is 19.1. The Morgan fingerprint density at radius 3 is 2.89 bits per heavy atom. The minimum Gasteiger partial charge on any atom is -0.445 e. The van der Waals surface area contributed by atoms with Crippen molar-refractivity contribution in [1.82, 2.24) is 19.7 Å². The summed E-state index contributed by atoms with van der Waals surface area (Å²) in [6, 6.07) is 8.38. The number of carbonyl (C=O) groups excluding carboxylic acids is 1. The monoisotopic (exact) mass is 382 g/mol. The van der Waals surface area contributed by atoms with E-state index in [1.54, 1.807) is 48.4 Å². The largest absolute Gasteiger partial charge is 0.445 e. The minimum atomic E-state index is -0.379. The maximum atomic E-state index is 13.9. The van der Waals surface area contributed by atoms with E-state index in [0.29, 0.717) is 42.4 Å². The molecule has 28 heavy (non-hydrogen) atoms. The van der Waals surface area contributed by atoms with E-state index < -0.39 is 0 Å². The van der Waals surface area contributed by atoms with Crippen LogP contribution in [-0.2, 0) is 18.9 Å². The maximum Gasteiger partial charge on any atom is 0.274 e. The van der Waals surface area contributed by atoms with Crippen LogP contribution in [0.15, 0.2) is 47.1 Å². The predicted octanol–water partition coefficient (Wildman–Crippen LogP) is 3.33. The van der Waals surface area contributed by atoms with Crippen molar-refractivity contribution in [3.05, 3.63) is 71.5 Å². The van der Waals surface area contributed by atoms with Crippen molar-refractivity contribution in [3.63, 3.8) is 0 Å². The SMILES string of the molecule is Cn1ccc(C(=O)N2CCC[C@@](C)(c3ncc(Cc4ccccc4F)o3)C2)n1. The van der Waals surface area contributed by atoms with E-state index in [0.717, 1.165) is 12.8 Å². The van der Waals surface area contributed by atoms with Gasteiger partial charge in [-0.15, -0.1) is 0 Å². The summed E-state index contributed by atoms with van der Waals surface area (Å²) in [5.74, 6) is 0.882. The van der Waals surface area contributed by atoms with E-state index in [1.165, 1.54) is 6.07 Å². The van der Waals surface area contributed by atoms with Crippen LogP contribution in [0.1, 0.15) is 47.5 Å². The molecule has 0 radical (unpaired) electrons. The third-order valence-corrected chi connectivity index (χ3v) is 5.31.